The molecule has 0 heterocycles. The van der Waals surface area contributed by atoms with Gasteiger partial charge < -0.3 is 15.4 Å². The van der Waals surface area contributed by atoms with Crippen molar-refractivity contribution in [3.63, 3.8) is 0 Å². The number of halogens is 1. The molecule has 2 N–H and O–H groups in total. The molecule has 2 aromatic carbocycles. The first kappa shape index (κ1) is 16.3. The molecule has 0 aromatic heterocycles. The summed E-state index contributed by atoms with van der Waals surface area (Å²) in [4.78, 5) is 23.4. The summed E-state index contributed by atoms with van der Waals surface area (Å²) in [6, 6.07) is 12.4. The first-order valence-electron chi connectivity index (χ1n) is 6.52. The first-order valence-corrected chi connectivity index (χ1v) is 7.60. The third-order valence-electron chi connectivity index (χ3n) is 2.85. The van der Waals surface area contributed by atoms with E-state index < -0.39 is 0 Å². The molecular formula is C16H15IN2O3. The zero-order valence-corrected chi connectivity index (χ0v) is 14.3. The lowest BCUT2D eigenvalue weighted by Gasteiger charge is -2.12. The molecule has 2 aromatic rings. The summed E-state index contributed by atoms with van der Waals surface area (Å²) in [5.41, 5.74) is 1.66. The van der Waals surface area contributed by atoms with E-state index in [1.807, 2.05) is 12.1 Å². The molecule has 0 spiro atoms. The van der Waals surface area contributed by atoms with Crippen molar-refractivity contribution >= 4 is 45.8 Å². The van der Waals surface area contributed by atoms with Crippen molar-refractivity contribution in [2.75, 3.05) is 17.7 Å². The number of hydrogen-bond acceptors (Lipinski definition) is 3. The van der Waals surface area contributed by atoms with E-state index in [-0.39, 0.29) is 11.8 Å². The predicted octanol–water partition coefficient (Wildman–Crippen LogP) is 3.51. The van der Waals surface area contributed by atoms with E-state index in [0.29, 0.717) is 22.7 Å². The maximum Gasteiger partial charge on any atom is 0.255 e. The van der Waals surface area contributed by atoms with E-state index in [1.165, 1.54) is 14.0 Å². The highest BCUT2D eigenvalue weighted by molar-refractivity contribution is 14.1. The van der Waals surface area contributed by atoms with Gasteiger partial charge in [-0.25, -0.2) is 0 Å². The number of amides is 2. The van der Waals surface area contributed by atoms with Crippen molar-refractivity contribution in [1.82, 2.24) is 0 Å². The molecule has 6 heteroatoms. The molecule has 0 saturated carbocycles. The predicted molar refractivity (Wildman–Crippen MR) is 94.4 cm³/mol. The second-order valence-corrected chi connectivity index (χ2v) is 5.81. The number of anilines is 2. The zero-order chi connectivity index (χ0) is 16.1. The van der Waals surface area contributed by atoms with Gasteiger partial charge in [0.25, 0.3) is 5.91 Å². The third kappa shape index (κ3) is 4.20. The van der Waals surface area contributed by atoms with Crippen LogP contribution in [0.2, 0.25) is 0 Å². The minimum absolute atomic E-state index is 0.209. The van der Waals surface area contributed by atoms with Crippen molar-refractivity contribution in [2.24, 2.45) is 0 Å². The van der Waals surface area contributed by atoms with E-state index in [1.54, 1.807) is 30.3 Å². The smallest absolute Gasteiger partial charge is 0.255 e. The molecule has 0 aliphatic rings. The zero-order valence-electron chi connectivity index (χ0n) is 12.1. The summed E-state index contributed by atoms with van der Waals surface area (Å²) in [5.74, 6) is 0.110. The number of ether oxygens (including phenoxy) is 1. The molecule has 0 aliphatic carbocycles. The van der Waals surface area contributed by atoms with Gasteiger partial charge in [-0.3, -0.25) is 9.59 Å². The summed E-state index contributed by atoms with van der Waals surface area (Å²) in [5, 5.41) is 5.47. The summed E-state index contributed by atoms with van der Waals surface area (Å²) < 4.78 is 6.16. The van der Waals surface area contributed by atoms with Gasteiger partial charge in [-0.15, -0.1) is 0 Å². The van der Waals surface area contributed by atoms with Gasteiger partial charge >= 0.3 is 0 Å². The van der Waals surface area contributed by atoms with Crippen LogP contribution in [0.4, 0.5) is 11.4 Å². The normalized spacial score (nSPS) is 9.95. The quantitative estimate of drug-likeness (QED) is 0.759. The van der Waals surface area contributed by atoms with E-state index in [2.05, 4.69) is 33.2 Å². The van der Waals surface area contributed by atoms with E-state index >= 15 is 0 Å². The third-order valence-corrected chi connectivity index (χ3v) is 3.53. The molecule has 2 rings (SSSR count). The van der Waals surface area contributed by atoms with Crippen LogP contribution in [0.15, 0.2) is 42.5 Å². The van der Waals surface area contributed by atoms with Crippen molar-refractivity contribution in [2.45, 2.75) is 6.92 Å². The van der Waals surface area contributed by atoms with Crippen molar-refractivity contribution in [1.29, 1.82) is 0 Å². The Morgan fingerprint density at radius 1 is 1.09 bits per heavy atom. The van der Waals surface area contributed by atoms with Crippen LogP contribution in [-0.4, -0.2) is 18.9 Å². The monoisotopic (exact) mass is 410 g/mol. The Kier molecular flexibility index (Phi) is 5.37. The number of carbonyl (C=O) groups is 2. The highest BCUT2D eigenvalue weighted by atomic mass is 127. The van der Waals surface area contributed by atoms with Gasteiger partial charge in [0, 0.05) is 21.7 Å². The van der Waals surface area contributed by atoms with Crippen LogP contribution in [0.1, 0.15) is 17.3 Å². The number of methoxy groups -OCH3 is 1. The number of hydrogen-bond donors (Lipinski definition) is 2. The molecule has 0 aliphatic heterocycles. The van der Waals surface area contributed by atoms with E-state index in [9.17, 15) is 9.59 Å². The minimum Gasteiger partial charge on any atom is -0.495 e. The molecule has 0 unspecified atom stereocenters. The fourth-order valence-electron chi connectivity index (χ4n) is 1.91. The van der Waals surface area contributed by atoms with Crippen LogP contribution in [0, 0.1) is 3.57 Å². The van der Waals surface area contributed by atoms with Crippen molar-refractivity contribution in [3.8, 4) is 5.75 Å². The molecular weight excluding hydrogens is 395 g/mol. The van der Waals surface area contributed by atoms with Gasteiger partial charge in [0.2, 0.25) is 5.91 Å². The summed E-state index contributed by atoms with van der Waals surface area (Å²) in [6.07, 6.45) is 0. The molecule has 0 radical (unpaired) electrons. The van der Waals surface area contributed by atoms with Crippen LogP contribution in [0.3, 0.4) is 0 Å². The van der Waals surface area contributed by atoms with Gasteiger partial charge in [-0.1, -0.05) is 6.07 Å². The van der Waals surface area contributed by atoms with Gasteiger partial charge in [0.05, 0.1) is 12.8 Å². The van der Waals surface area contributed by atoms with Gasteiger partial charge in [0.15, 0.2) is 0 Å². The highest BCUT2D eigenvalue weighted by Crippen LogP contribution is 2.28. The minimum atomic E-state index is -0.211. The van der Waals surface area contributed by atoms with E-state index in [4.69, 9.17) is 4.74 Å². The van der Waals surface area contributed by atoms with Crippen molar-refractivity contribution in [3.05, 3.63) is 51.6 Å². The number of carbonyl (C=O) groups excluding carboxylic acids is 2. The molecule has 0 atom stereocenters. The SMILES string of the molecule is COc1ccc(NC(=O)c2cccc(I)c2)cc1NC(C)=O. The largest absolute Gasteiger partial charge is 0.495 e. The Balaban J connectivity index is 2.22. The van der Waals surface area contributed by atoms with Crippen molar-refractivity contribution < 1.29 is 14.3 Å². The molecule has 5 nitrogen and oxygen atoms in total. The van der Waals surface area contributed by atoms with Gasteiger partial charge in [0.1, 0.15) is 5.75 Å². The Morgan fingerprint density at radius 2 is 1.86 bits per heavy atom. The summed E-state index contributed by atoms with van der Waals surface area (Å²) in [6.45, 7) is 1.41. The summed E-state index contributed by atoms with van der Waals surface area (Å²) >= 11 is 2.15. The van der Waals surface area contributed by atoms with Crippen LogP contribution < -0.4 is 15.4 Å². The molecule has 2 amide bonds. The molecule has 0 bridgehead atoms. The van der Waals surface area contributed by atoms with Gasteiger partial charge in [-0.05, 0) is 59.0 Å². The standard InChI is InChI=1S/C16H15IN2O3/c1-10(20)18-14-9-13(6-7-15(14)22-2)19-16(21)11-4-3-5-12(17)8-11/h3-9H,1-2H3,(H,18,20)(H,19,21). The lowest BCUT2D eigenvalue weighted by atomic mass is 10.2. The molecule has 114 valence electrons. The van der Waals surface area contributed by atoms with Crippen LogP contribution in [0.25, 0.3) is 0 Å². The topological polar surface area (TPSA) is 67.4 Å². The molecule has 0 saturated heterocycles. The maximum absolute atomic E-state index is 12.2. The Bertz CT molecular complexity index is 716. The number of benzene rings is 2. The first-order chi connectivity index (χ1) is 10.5. The highest BCUT2D eigenvalue weighted by Gasteiger charge is 2.10. The van der Waals surface area contributed by atoms with Gasteiger partial charge in [-0.2, -0.15) is 0 Å². The maximum atomic E-state index is 12.2. The lowest BCUT2D eigenvalue weighted by Crippen LogP contribution is -2.13. The summed E-state index contributed by atoms with van der Waals surface area (Å²) in [7, 11) is 1.52. The Labute approximate surface area is 142 Å². The lowest BCUT2D eigenvalue weighted by molar-refractivity contribution is -0.114. The van der Waals surface area contributed by atoms with E-state index in [0.717, 1.165) is 3.57 Å². The second kappa shape index (κ2) is 7.26. The van der Waals surface area contributed by atoms with Crippen LogP contribution in [-0.2, 0) is 4.79 Å². The average molecular weight is 410 g/mol. The second-order valence-electron chi connectivity index (χ2n) is 4.56. The average Bonchev–Trinajstić information content (AvgIpc) is 2.47. The fourth-order valence-corrected chi connectivity index (χ4v) is 2.45. The number of rotatable bonds is 4. The Hall–Kier alpha value is -2.09. The number of nitrogens with one attached hydrogen (secondary N) is 2. The fraction of sp³-hybridized carbons (Fsp3) is 0.125. The Morgan fingerprint density at radius 3 is 2.50 bits per heavy atom. The molecule has 0 fully saturated rings. The van der Waals surface area contributed by atoms with Crippen LogP contribution in [0.5, 0.6) is 5.75 Å². The van der Waals surface area contributed by atoms with Crippen LogP contribution >= 0.6 is 22.6 Å². The molecule has 22 heavy (non-hydrogen) atoms.